The quantitative estimate of drug-likeness (QED) is 0.654. The van der Waals surface area contributed by atoms with Gasteiger partial charge in [-0.15, -0.1) is 0 Å². The van der Waals surface area contributed by atoms with Crippen LogP contribution in [-0.2, 0) is 4.79 Å². The van der Waals surface area contributed by atoms with Crippen molar-refractivity contribution in [2.75, 3.05) is 20.1 Å². The van der Waals surface area contributed by atoms with E-state index in [2.05, 4.69) is 5.32 Å². The molecular formula is C10H18N2O. The van der Waals surface area contributed by atoms with E-state index >= 15 is 0 Å². The van der Waals surface area contributed by atoms with Crippen molar-refractivity contribution in [2.45, 2.75) is 25.8 Å². The first kappa shape index (κ1) is 10.3. The van der Waals surface area contributed by atoms with E-state index in [1.54, 1.807) is 12.2 Å². The zero-order chi connectivity index (χ0) is 9.68. The van der Waals surface area contributed by atoms with Crippen LogP contribution >= 0.6 is 0 Å². The molecule has 1 saturated heterocycles. The average molecular weight is 182 g/mol. The van der Waals surface area contributed by atoms with E-state index in [-0.39, 0.29) is 5.91 Å². The van der Waals surface area contributed by atoms with Crippen LogP contribution in [0, 0.1) is 0 Å². The fraction of sp³-hybridized carbons (Fsp3) is 0.700. The van der Waals surface area contributed by atoms with Crippen molar-refractivity contribution in [1.82, 2.24) is 10.2 Å². The number of allylic oxidation sites excluding steroid dienone is 1. The van der Waals surface area contributed by atoms with E-state index in [0.717, 1.165) is 25.9 Å². The molecule has 1 aliphatic rings. The summed E-state index contributed by atoms with van der Waals surface area (Å²) in [5, 5.41) is 3.12. The molecule has 1 N–H and O–H groups in total. The number of rotatable bonds is 3. The van der Waals surface area contributed by atoms with Crippen molar-refractivity contribution in [3.63, 3.8) is 0 Å². The van der Waals surface area contributed by atoms with Gasteiger partial charge in [0.25, 0.3) is 0 Å². The Morgan fingerprint density at radius 2 is 2.46 bits per heavy atom. The van der Waals surface area contributed by atoms with Crippen LogP contribution in [-0.4, -0.2) is 37.0 Å². The Hall–Kier alpha value is -0.830. The van der Waals surface area contributed by atoms with Gasteiger partial charge in [0.05, 0.1) is 0 Å². The van der Waals surface area contributed by atoms with Crippen LogP contribution in [0.3, 0.4) is 0 Å². The van der Waals surface area contributed by atoms with Crippen LogP contribution in [0.5, 0.6) is 0 Å². The van der Waals surface area contributed by atoms with Crippen molar-refractivity contribution in [2.24, 2.45) is 0 Å². The zero-order valence-corrected chi connectivity index (χ0v) is 8.42. The summed E-state index contributed by atoms with van der Waals surface area (Å²) in [4.78, 5) is 13.5. The Morgan fingerprint density at radius 1 is 1.69 bits per heavy atom. The summed E-state index contributed by atoms with van der Waals surface area (Å²) in [6, 6.07) is 0.397. The normalized spacial score (nSPS) is 22.9. The summed E-state index contributed by atoms with van der Waals surface area (Å²) in [7, 11) is 1.93. The van der Waals surface area contributed by atoms with Gasteiger partial charge >= 0.3 is 0 Å². The molecular weight excluding hydrogens is 164 g/mol. The molecule has 1 rings (SSSR count). The van der Waals surface area contributed by atoms with E-state index in [1.165, 1.54) is 0 Å². The summed E-state index contributed by atoms with van der Waals surface area (Å²) in [5.41, 5.74) is 0. The number of carbonyl (C=O) groups excluding carboxylic acids is 1. The number of likely N-dealkylation sites (N-methyl/N-ethyl adjacent to an activating group) is 1. The Balaban J connectivity index is 2.52. The second-order valence-electron chi connectivity index (χ2n) is 3.39. The van der Waals surface area contributed by atoms with Crippen molar-refractivity contribution in [3.8, 4) is 0 Å². The van der Waals surface area contributed by atoms with Gasteiger partial charge in [-0.25, -0.2) is 0 Å². The molecule has 1 amide bonds. The molecule has 0 aromatic carbocycles. The summed E-state index contributed by atoms with van der Waals surface area (Å²) < 4.78 is 0. The number of nitrogens with one attached hydrogen (secondary N) is 1. The van der Waals surface area contributed by atoms with Gasteiger partial charge in [-0.2, -0.15) is 0 Å². The number of amides is 1. The van der Waals surface area contributed by atoms with E-state index in [4.69, 9.17) is 0 Å². The predicted octanol–water partition coefficient (Wildman–Crippen LogP) is 0.773. The van der Waals surface area contributed by atoms with E-state index in [1.807, 2.05) is 18.9 Å². The van der Waals surface area contributed by atoms with Crippen LogP contribution < -0.4 is 5.32 Å². The molecule has 3 nitrogen and oxygen atoms in total. The fourth-order valence-electron chi connectivity index (χ4n) is 1.81. The molecule has 13 heavy (non-hydrogen) atoms. The predicted molar refractivity (Wildman–Crippen MR) is 53.5 cm³/mol. The highest BCUT2D eigenvalue weighted by atomic mass is 16.2. The van der Waals surface area contributed by atoms with Crippen molar-refractivity contribution in [3.05, 3.63) is 12.2 Å². The second-order valence-corrected chi connectivity index (χ2v) is 3.39. The maximum Gasteiger partial charge on any atom is 0.246 e. The third-order valence-electron chi connectivity index (χ3n) is 2.41. The van der Waals surface area contributed by atoms with Crippen molar-refractivity contribution in [1.29, 1.82) is 0 Å². The molecule has 3 heteroatoms. The first-order chi connectivity index (χ1) is 6.29. The smallest absolute Gasteiger partial charge is 0.246 e. The fourth-order valence-corrected chi connectivity index (χ4v) is 1.81. The largest absolute Gasteiger partial charge is 0.335 e. The number of nitrogens with zero attached hydrogens (tertiary/aromatic N) is 1. The van der Waals surface area contributed by atoms with Crippen LogP contribution in [0.1, 0.15) is 19.8 Å². The summed E-state index contributed by atoms with van der Waals surface area (Å²) in [6.07, 6.45) is 5.71. The van der Waals surface area contributed by atoms with Crippen LogP contribution in [0.25, 0.3) is 0 Å². The third-order valence-corrected chi connectivity index (χ3v) is 2.41. The van der Waals surface area contributed by atoms with Gasteiger partial charge in [-0.05, 0) is 32.9 Å². The maximum atomic E-state index is 11.5. The van der Waals surface area contributed by atoms with Crippen molar-refractivity contribution >= 4 is 5.91 Å². The van der Waals surface area contributed by atoms with E-state index < -0.39 is 0 Å². The Morgan fingerprint density at radius 3 is 3.08 bits per heavy atom. The standard InChI is InChI=1S/C10H18N2O/c1-3-5-10(13)12-7-4-6-9(12)8-11-2/h3,5,9,11H,4,6-8H2,1-2H3/b5-3+. The molecule has 0 saturated carbocycles. The Bertz CT molecular complexity index is 201. The molecule has 1 aliphatic heterocycles. The van der Waals surface area contributed by atoms with Gasteiger partial charge in [0.1, 0.15) is 0 Å². The van der Waals surface area contributed by atoms with Crippen LogP contribution in [0.2, 0.25) is 0 Å². The van der Waals surface area contributed by atoms with E-state index in [9.17, 15) is 4.79 Å². The van der Waals surface area contributed by atoms with Gasteiger partial charge in [0.2, 0.25) is 5.91 Å². The first-order valence-electron chi connectivity index (χ1n) is 4.87. The molecule has 0 spiro atoms. The second kappa shape index (κ2) is 5.02. The molecule has 74 valence electrons. The van der Waals surface area contributed by atoms with Gasteiger partial charge < -0.3 is 10.2 Å². The van der Waals surface area contributed by atoms with Gasteiger partial charge in [-0.1, -0.05) is 6.08 Å². The molecule has 1 atom stereocenters. The molecule has 0 radical (unpaired) electrons. The van der Waals surface area contributed by atoms with Crippen LogP contribution in [0.15, 0.2) is 12.2 Å². The minimum atomic E-state index is 0.153. The minimum absolute atomic E-state index is 0.153. The monoisotopic (exact) mass is 182 g/mol. The third kappa shape index (κ3) is 2.56. The first-order valence-corrected chi connectivity index (χ1v) is 4.87. The molecule has 0 bridgehead atoms. The highest BCUT2D eigenvalue weighted by Crippen LogP contribution is 2.16. The lowest BCUT2D eigenvalue weighted by Gasteiger charge is -2.22. The average Bonchev–Trinajstić information content (AvgIpc) is 2.54. The topological polar surface area (TPSA) is 32.3 Å². The number of hydrogen-bond acceptors (Lipinski definition) is 2. The summed E-state index contributed by atoms with van der Waals surface area (Å²) >= 11 is 0. The number of hydrogen-bond donors (Lipinski definition) is 1. The summed E-state index contributed by atoms with van der Waals surface area (Å²) in [5.74, 6) is 0.153. The Labute approximate surface area is 79.8 Å². The van der Waals surface area contributed by atoms with Crippen LogP contribution in [0.4, 0.5) is 0 Å². The van der Waals surface area contributed by atoms with Gasteiger partial charge in [0.15, 0.2) is 0 Å². The molecule has 1 heterocycles. The number of likely N-dealkylation sites (tertiary alicyclic amines) is 1. The lowest BCUT2D eigenvalue weighted by atomic mass is 10.2. The number of carbonyl (C=O) groups is 1. The lowest BCUT2D eigenvalue weighted by molar-refractivity contribution is -0.126. The molecule has 0 aliphatic carbocycles. The summed E-state index contributed by atoms with van der Waals surface area (Å²) in [6.45, 7) is 3.69. The SMILES string of the molecule is C/C=C/C(=O)N1CCCC1CNC. The van der Waals surface area contributed by atoms with E-state index in [0.29, 0.717) is 6.04 Å². The Kier molecular flexibility index (Phi) is 3.96. The molecule has 1 fully saturated rings. The van der Waals surface area contributed by atoms with Gasteiger partial charge in [0, 0.05) is 19.1 Å². The molecule has 1 unspecified atom stereocenters. The minimum Gasteiger partial charge on any atom is -0.335 e. The molecule has 0 aromatic heterocycles. The van der Waals surface area contributed by atoms with Gasteiger partial charge in [-0.3, -0.25) is 4.79 Å². The maximum absolute atomic E-state index is 11.5. The zero-order valence-electron chi connectivity index (χ0n) is 8.42. The lowest BCUT2D eigenvalue weighted by Crippen LogP contribution is -2.39. The highest BCUT2D eigenvalue weighted by molar-refractivity contribution is 5.87. The molecule has 0 aromatic rings. The highest BCUT2D eigenvalue weighted by Gasteiger charge is 2.26. The van der Waals surface area contributed by atoms with Crippen molar-refractivity contribution < 1.29 is 4.79 Å².